The molecule has 18 heavy (non-hydrogen) atoms. The standard InChI is InChI=1S/C12H16N4O2/c1-8-9(6-13)10(15(3)14-8)16-5-4-12(2,7-16)11(17)18/h4-5,7H2,1-3H3,(H,17,18). The largest absolute Gasteiger partial charge is 0.481 e. The lowest BCUT2D eigenvalue weighted by atomic mass is 9.90. The van der Waals surface area contributed by atoms with E-state index in [-0.39, 0.29) is 0 Å². The first-order chi connectivity index (χ1) is 8.39. The van der Waals surface area contributed by atoms with Gasteiger partial charge in [-0.05, 0) is 20.3 Å². The number of hydrogen-bond acceptors (Lipinski definition) is 4. The Labute approximate surface area is 105 Å². The summed E-state index contributed by atoms with van der Waals surface area (Å²) in [6.45, 7) is 4.57. The molecule has 2 heterocycles. The summed E-state index contributed by atoms with van der Waals surface area (Å²) in [5.41, 5.74) is 0.469. The van der Waals surface area contributed by atoms with E-state index in [0.29, 0.717) is 30.8 Å². The Balaban J connectivity index is 2.36. The van der Waals surface area contributed by atoms with Crippen LogP contribution in [0.3, 0.4) is 0 Å². The predicted molar refractivity (Wildman–Crippen MR) is 65.2 cm³/mol. The van der Waals surface area contributed by atoms with E-state index in [1.807, 2.05) is 4.90 Å². The van der Waals surface area contributed by atoms with Crippen LogP contribution in [-0.4, -0.2) is 33.9 Å². The van der Waals surface area contributed by atoms with Crippen molar-refractivity contribution in [2.75, 3.05) is 18.0 Å². The molecular weight excluding hydrogens is 232 g/mol. The molecule has 0 aliphatic carbocycles. The molecule has 1 N–H and O–H groups in total. The predicted octanol–water partition coefficient (Wildman–Crippen LogP) is 0.901. The molecule has 1 atom stereocenters. The number of aryl methyl sites for hydroxylation is 2. The van der Waals surface area contributed by atoms with Crippen LogP contribution in [0, 0.1) is 23.7 Å². The summed E-state index contributed by atoms with van der Waals surface area (Å²) in [4.78, 5) is 13.2. The van der Waals surface area contributed by atoms with Crippen LogP contribution in [0.2, 0.25) is 0 Å². The van der Waals surface area contributed by atoms with E-state index < -0.39 is 11.4 Å². The van der Waals surface area contributed by atoms with Crippen LogP contribution in [0.1, 0.15) is 24.6 Å². The first-order valence-corrected chi connectivity index (χ1v) is 5.81. The van der Waals surface area contributed by atoms with Crippen LogP contribution in [0.4, 0.5) is 5.82 Å². The molecule has 0 radical (unpaired) electrons. The zero-order valence-electron chi connectivity index (χ0n) is 10.8. The average Bonchev–Trinajstić information content (AvgIpc) is 2.80. The average molecular weight is 248 g/mol. The van der Waals surface area contributed by atoms with Gasteiger partial charge in [0.15, 0.2) is 0 Å². The zero-order chi connectivity index (χ0) is 13.5. The van der Waals surface area contributed by atoms with Gasteiger partial charge in [-0.25, -0.2) is 0 Å². The number of anilines is 1. The number of aromatic nitrogens is 2. The maximum Gasteiger partial charge on any atom is 0.311 e. The minimum atomic E-state index is -0.789. The SMILES string of the molecule is Cc1nn(C)c(N2CCC(C)(C(=O)O)C2)c1C#N. The molecule has 1 aliphatic rings. The van der Waals surface area contributed by atoms with Gasteiger partial charge in [0.2, 0.25) is 0 Å². The molecule has 0 aromatic carbocycles. The third kappa shape index (κ3) is 1.72. The van der Waals surface area contributed by atoms with Crippen molar-refractivity contribution in [2.45, 2.75) is 20.3 Å². The summed E-state index contributed by atoms with van der Waals surface area (Å²) < 4.78 is 1.65. The van der Waals surface area contributed by atoms with Crippen molar-refractivity contribution in [3.63, 3.8) is 0 Å². The number of nitrogens with zero attached hydrogens (tertiary/aromatic N) is 4. The molecule has 1 aromatic rings. The van der Waals surface area contributed by atoms with E-state index in [2.05, 4.69) is 11.2 Å². The number of aliphatic carboxylic acids is 1. The molecule has 0 spiro atoms. The number of carboxylic acids is 1. The number of hydrogen-bond donors (Lipinski definition) is 1. The molecule has 1 saturated heterocycles. The highest BCUT2D eigenvalue weighted by Gasteiger charge is 2.42. The molecule has 1 aromatic heterocycles. The van der Waals surface area contributed by atoms with Crippen molar-refractivity contribution < 1.29 is 9.90 Å². The summed E-state index contributed by atoms with van der Waals surface area (Å²) in [5.74, 6) is -0.0672. The maximum atomic E-state index is 11.2. The molecule has 6 heteroatoms. The molecule has 1 fully saturated rings. The van der Waals surface area contributed by atoms with Gasteiger partial charge in [-0.3, -0.25) is 9.48 Å². The second-order valence-electron chi connectivity index (χ2n) is 5.06. The van der Waals surface area contributed by atoms with Gasteiger partial charge in [0.05, 0.1) is 11.1 Å². The highest BCUT2D eigenvalue weighted by atomic mass is 16.4. The molecule has 0 amide bonds. The lowest BCUT2D eigenvalue weighted by molar-refractivity contribution is -0.146. The summed E-state index contributed by atoms with van der Waals surface area (Å²) in [5, 5.41) is 22.6. The Hall–Kier alpha value is -2.03. The van der Waals surface area contributed by atoms with E-state index in [9.17, 15) is 9.90 Å². The first-order valence-electron chi connectivity index (χ1n) is 5.81. The van der Waals surface area contributed by atoms with Crippen molar-refractivity contribution in [2.24, 2.45) is 12.5 Å². The Kier molecular flexibility index (Phi) is 2.77. The van der Waals surface area contributed by atoms with E-state index >= 15 is 0 Å². The fourth-order valence-electron chi connectivity index (χ4n) is 2.46. The maximum absolute atomic E-state index is 11.2. The molecular formula is C12H16N4O2. The van der Waals surface area contributed by atoms with Gasteiger partial charge >= 0.3 is 5.97 Å². The van der Waals surface area contributed by atoms with Crippen molar-refractivity contribution in [1.29, 1.82) is 5.26 Å². The lowest BCUT2D eigenvalue weighted by Gasteiger charge is -2.21. The summed E-state index contributed by atoms with van der Waals surface area (Å²) in [6.07, 6.45) is 0.581. The van der Waals surface area contributed by atoms with Crippen molar-refractivity contribution >= 4 is 11.8 Å². The van der Waals surface area contributed by atoms with Gasteiger partial charge in [-0.2, -0.15) is 10.4 Å². The van der Waals surface area contributed by atoms with Crippen LogP contribution in [0.5, 0.6) is 0 Å². The van der Waals surface area contributed by atoms with Gasteiger partial charge in [0, 0.05) is 20.1 Å². The first kappa shape index (κ1) is 12.4. The summed E-state index contributed by atoms with van der Waals surface area (Å²) in [6, 6.07) is 2.15. The van der Waals surface area contributed by atoms with Gasteiger partial charge in [-0.1, -0.05) is 0 Å². The quantitative estimate of drug-likeness (QED) is 0.840. The molecule has 1 unspecified atom stereocenters. The fourth-order valence-corrected chi connectivity index (χ4v) is 2.46. The topological polar surface area (TPSA) is 82.2 Å². The number of rotatable bonds is 2. The smallest absolute Gasteiger partial charge is 0.311 e. The highest BCUT2D eigenvalue weighted by Crippen LogP contribution is 2.35. The molecule has 1 aliphatic heterocycles. The monoisotopic (exact) mass is 248 g/mol. The molecule has 2 rings (SSSR count). The van der Waals surface area contributed by atoms with Crippen LogP contribution in [0.25, 0.3) is 0 Å². The number of carboxylic acid groups (broad SMARTS) is 1. The van der Waals surface area contributed by atoms with Gasteiger partial charge in [0.1, 0.15) is 17.5 Å². The fraction of sp³-hybridized carbons (Fsp3) is 0.583. The van der Waals surface area contributed by atoms with Crippen molar-refractivity contribution in [3.05, 3.63) is 11.3 Å². The third-order valence-electron chi connectivity index (χ3n) is 3.59. The summed E-state index contributed by atoms with van der Waals surface area (Å²) >= 11 is 0. The Morgan fingerprint density at radius 1 is 1.61 bits per heavy atom. The van der Waals surface area contributed by atoms with E-state index in [1.165, 1.54) is 0 Å². The Bertz CT molecular complexity index is 543. The van der Waals surface area contributed by atoms with Crippen LogP contribution in [0.15, 0.2) is 0 Å². The van der Waals surface area contributed by atoms with E-state index in [1.54, 1.807) is 25.6 Å². The molecule has 0 saturated carbocycles. The number of carbonyl (C=O) groups is 1. The van der Waals surface area contributed by atoms with E-state index in [4.69, 9.17) is 5.26 Å². The minimum absolute atomic E-state index is 0.413. The van der Waals surface area contributed by atoms with Gasteiger partial charge in [-0.15, -0.1) is 0 Å². The van der Waals surface area contributed by atoms with E-state index in [0.717, 1.165) is 5.82 Å². The molecule has 6 nitrogen and oxygen atoms in total. The number of nitriles is 1. The van der Waals surface area contributed by atoms with Gasteiger partial charge < -0.3 is 10.0 Å². The Morgan fingerprint density at radius 3 is 2.78 bits per heavy atom. The lowest BCUT2D eigenvalue weighted by Crippen LogP contribution is -2.32. The van der Waals surface area contributed by atoms with Crippen LogP contribution < -0.4 is 4.90 Å². The van der Waals surface area contributed by atoms with Gasteiger partial charge in [0.25, 0.3) is 0 Å². The van der Waals surface area contributed by atoms with Crippen molar-refractivity contribution in [1.82, 2.24) is 9.78 Å². The second kappa shape index (κ2) is 4.02. The third-order valence-corrected chi connectivity index (χ3v) is 3.59. The van der Waals surface area contributed by atoms with Crippen LogP contribution in [-0.2, 0) is 11.8 Å². The minimum Gasteiger partial charge on any atom is -0.481 e. The zero-order valence-corrected chi connectivity index (χ0v) is 10.8. The van der Waals surface area contributed by atoms with Crippen molar-refractivity contribution in [3.8, 4) is 6.07 Å². The molecule has 0 bridgehead atoms. The van der Waals surface area contributed by atoms with Crippen LogP contribution >= 0.6 is 0 Å². The Morgan fingerprint density at radius 2 is 2.28 bits per heavy atom. The normalized spacial score (nSPS) is 23.1. The summed E-state index contributed by atoms with van der Waals surface area (Å²) in [7, 11) is 1.78. The highest BCUT2D eigenvalue weighted by molar-refractivity contribution is 5.76. The second-order valence-corrected chi connectivity index (χ2v) is 5.06. The molecule has 96 valence electrons.